The summed E-state index contributed by atoms with van der Waals surface area (Å²) < 4.78 is 17.3. The van der Waals surface area contributed by atoms with Gasteiger partial charge in [-0.3, -0.25) is 4.90 Å². The molecule has 0 saturated carbocycles. The van der Waals surface area contributed by atoms with Gasteiger partial charge in [0.15, 0.2) is 0 Å². The van der Waals surface area contributed by atoms with Crippen LogP contribution in [0.2, 0.25) is 0 Å². The molecule has 0 bridgehead atoms. The summed E-state index contributed by atoms with van der Waals surface area (Å²) in [5.74, 6) is 2.25. The fourth-order valence-corrected chi connectivity index (χ4v) is 5.88. The second-order valence-electron chi connectivity index (χ2n) is 11.8. The highest BCUT2D eigenvalue weighted by atomic mass is 16.6. The summed E-state index contributed by atoms with van der Waals surface area (Å²) in [7, 11) is 0. The van der Waals surface area contributed by atoms with Crippen molar-refractivity contribution in [2.24, 2.45) is 0 Å². The van der Waals surface area contributed by atoms with E-state index in [0.29, 0.717) is 25.2 Å². The molecule has 0 aliphatic carbocycles. The molecule has 2 aromatic rings. The number of amides is 1. The molecule has 2 fully saturated rings. The Morgan fingerprint density at radius 1 is 1.16 bits per heavy atom. The molecule has 0 unspecified atom stereocenters. The molecule has 8 nitrogen and oxygen atoms in total. The first-order valence-electron chi connectivity index (χ1n) is 13.8. The Bertz CT molecular complexity index is 1220. The molecule has 8 heteroatoms. The van der Waals surface area contributed by atoms with Gasteiger partial charge < -0.3 is 24.4 Å². The van der Waals surface area contributed by atoms with Crippen LogP contribution in [0.25, 0.3) is 5.57 Å². The summed E-state index contributed by atoms with van der Waals surface area (Å²) in [6.45, 7) is 11.3. The highest BCUT2D eigenvalue weighted by Crippen LogP contribution is 2.40. The number of nitrogens with zero attached hydrogens (tertiary/aromatic N) is 3. The molecular weight excluding hydrogens is 480 g/mol. The lowest BCUT2D eigenvalue weighted by Crippen LogP contribution is -2.62. The van der Waals surface area contributed by atoms with E-state index in [4.69, 9.17) is 14.2 Å². The molecule has 1 aromatic carbocycles. The van der Waals surface area contributed by atoms with E-state index in [9.17, 15) is 4.79 Å². The second kappa shape index (κ2) is 10.2. The highest BCUT2D eigenvalue weighted by molar-refractivity contribution is 5.76. The average molecular weight is 519 g/mol. The number of hydrogen-bond donors (Lipinski definition) is 1. The number of likely N-dealkylation sites (tertiary alicyclic amines) is 2. The summed E-state index contributed by atoms with van der Waals surface area (Å²) in [5, 5.41) is 3.58. The van der Waals surface area contributed by atoms with Crippen LogP contribution in [0.15, 0.2) is 36.5 Å². The first-order chi connectivity index (χ1) is 18.3. The van der Waals surface area contributed by atoms with E-state index < -0.39 is 5.60 Å². The number of pyridine rings is 1. The third-order valence-corrected chi connectivity index (χ3v) is 8.03. The smallest absolute Gasteiger partial charge is 0.410 e. The van der Waals surface area contributed by atoms with E-state index in [-0.39, 0.29) is 6.09 Å². The van der Waals surface area contributed by atoms with E-state index >= 15 is 0 Å². The van der Waals surface area contributed by atoms with Gasteiger partial charge in [-0.15, -0.1) is 0 Å². The van der Waals surface area contributed by atoms with Gasteiger partial charge in [0, 0.05) is 30.9 Å². The number of nitrogens with one attached hydrogen (secondary N) is 1. The minimum atomic E-state index is -0.447. The molecule has 0 atom stereocenters. The monoisotopic (exact) mass is 518 g/mol. The number of anilines is 2. The maximum atomic E-state index is 12.3. The molecule has 38 heavy (non-hydrogen) atoms. The fourth-order valence-electron chi connectivity index (χ4n) is 5.88. The van der Waals surface area contributed by atoms with Gasteiger partial charge in [0.25, 0.3) is 0 Å². The molecule has 2 saturated heterocycles. The standard InChI is InChI=1S/C30H38N4O4/c1-30(2,3)38-29(35)34-17-23(18-34)33-12-7-20(8-13-33)22-4-5-27-26(16-22)32-28-25(19-37-27)24(6-11-31-28)21-9-14-36-15-10-21/h4-6,9,11,16,20,23H,7-8,10,12-15,17-19H2,1-3H3,(H,31,32). The largest absolute Gasteiger partial charge is 0.487 e. The van der Waals surface area contributed by atoms with Gasteiger partial charge >= 0.3 is 6.09 Å². The van der Waals surface area contributed by atoms with Crippen molar-refractivity contribution >= 4 is 23.2 Å². The van der Waals surface area contributed by atoms with Crippen LogP contribution < -0.4 is 10.1 Å². The van der Waals surface area contributed by atoms with Gasteiger partial charge in [-0.05, 0) is 93.9 Å². The number of fused-ring (bicyclic) bond motifs is 2. The number of aromatic nitrogens is 1. The number of hydrogen-bond acceptors (Lipinski definition) is 7. The second-order valence-corrected chi connectivity index (χ2v) is 11.8. The number of piperidine rings is 1. The lowest BCUT2D eigenvalue weighted by atomic mass is 9.88. The minimum absolute atomic E-state index is 0.198. The van der Waals surface area contributed by atoms with Crippen molar-refractivity contribution in [2.75, 3.05) is 44.7 Å². The molecule has 6 rings (SSSR count). The maximum Gasteiger partial charge on any atom is 0.410 e. The number of rotatable bonds is 3. The highest BCUT2D eigenvalue weighted by Gasteiger charge is 2.38. The van der Waals surface area contributed by atoms with Gasteiger partial charge in [0.1, 0.15) is 23.8 Å². The molecule has 4 aliphatic heterocycles. The summed E-state index contributed by atoms with van der Waals surface area (Å²) in [6.07, 6.45) is 6.98. The molecule has 202 valence electrons. The molecule has 5 heterocycles. The predicted molar refractivity (Wildman–Crippen MR) is 147 cm³/mol. The normalized spacial score (nSPS) is 20.7. The quantitative estimate of drug-likeness (QED) is 0.589. The molecule has 1 aromatic heterocycles. The van der Waals surface area contributed by atoms with Gasteiger partial charge in [-0.25, -0.2) is 9.78 Å². The van der Waals surface area contributed by atoms with Gasteiger partial charge in [-0.1, -0.05) is 12.1 Å². The van der Waals surface area contributed by atoms with Crippen molar-refractivity contribution in [1.29, 1.82) is 0 Å². The third kappa shape index (κ3) is 5.24. The van der Waals surface area contributed by atoms with Crippen molar-refractivity contribution in [1.82, 2.24) is 14.8 Å². The van der Waals surface area contributed by atoms with E-state index in [2.05, 4.69) is 45.5 Å². The number of carbonyl (C=O) groups excluding carboxylic acids is 1. The predicted octanol–water partition coefficient (Wildman–Crippen LogP) is 5.32. The van der Waals surface area contributed by atoms with Gasteiger partial charge in [0.05, 0.1) is 18.9 Å². The van der Waals surface area contributed by atoms with E-state index in [1.807, 2.05) is 31.9 Å². The van der Waals surface area contributed by atoms with Crippen molar-refractivity contribution < 1.29 is 19.0 Å². The van der Waals surface area contributed by atoms with Crippen LogP contribution in [-0.4, -0.2) is 71.9 Å². The molecule has 1 N–H and O–H groups in total. The van der Waals surface area contributed by atoms with Crippen LogP contribution in [0.4, 0.5) is 16.3 Å². The Morgan fingerprint density at radius 3 is 2.71 bits per heavy atom. The lowest BCUT2D eigenvalue weighted by molar-refractivity contribution is -0.0196. The number of carbonyl (C=O) groups is 1. The fraction of sp³-hybridized carbons (Fsp3) is 0.533. The molecule has 0 radical (unpaired) electrons. The molecular formula is C30H38N4O4. The third-order valence-electron chi connectivity index (χ3n) is 8.03. The van der Waals surface area contributed by atoms with Crippen molar-refractivity contribution in [3.8, 4) is 5.75 Å². The average Bonchev–Trinajstić information content (AvgIpc) is 3.06. The Hall–Kier alpha value is -3.10. The van der Waals surface area contributed by atoms with Crippen LogP contribution in [0, 0.1) is 0 Å². The number of ether oxygens (including phenoxy) is 3. The number of benzene rings is 1. The van der Waals surface area contributed by atoms with E-state index in [1.165, 1.54) is 16.7 Å². The zero-order chi connectivity index (χ0) is 26.3. The van der Waals surface area contributed by atoms with Crippen LogP contribution in [0.3, 0.4) is 0 Å². The summed E-state index contributed by atoms with van der Waals surface area (Å²) >= 11 is 0. The van der Waals surface area contributed by atoms with Crippen molar-refractivity contribution in [3.63, 3.8) is 0 Å². The Balaban J connectivity index is 1.09. The summed E-state index contributed by atoms with van der Waals surface area (Å²) in [6, 6.07) is 9.10. The molecule has 1 amide bonds. The summed E-state index contributed by atoms with van der Waals surface area (Å²) in [5.41, 5.74) is 5.49. The van der Waals surface area contributed by atoms with E-state index in [1.54, 1.807) is 0 Å². The van der Waals surface area contributed by atoms with E-state index in [0.717, 1.165) is 74.9 Å². The Morgan fingerprint density at radius 2 is 1.97 bits per heavy atom. The SMILES string of the molecule is CC(C)(C)OC(=O)N1CC(N2CCC(c3ccc4c(c3)Nc3nccc(C5=CCOCC5)c3CO4)CC2)C1. The minimum Gasteiger partial charge on any atom is -0.487 e. The zero-order valence-electron chi connectivity index (χ0n) is 22.7. The summed E-state index contributed by atoms with van der Waals surface area (Å²) in [4.78, 5) is 21.3. The van der Waals surface area contributed by atoms with Crippen molar-refractivity contribution in [3.05, 3.63) is 53.2 Å². The first-order valence-corrected chi connectivity index (χ1v) is 13.8. The van der Waals surface area contributed by atoms with Gasteiger partial charge in [0.2, 0.25) is 0 Å². The van der Waals surface area contributed by atoms with Gasteiger partial charge in [-0.2, -0.15) is 0 Å². The van der Waals surface area contributed by atoms with Crippen LogP contribution >= 0.6 is 0 Å². The lowest BCUT2D eigenvalue weighted by Gasteiger charge is -2.47. The topological polar surface area (TPSA) is 76.2 Å². The Labute approximate surface area is 225 Å². The zero-order valence-corrected chi connectivity index (χ0v) is 22.7. The van der Waals surface area contributed by atoms with Crippen LogP contribution in [0.5, 0.6) is 5.75 Å². The van der Waals surface area contributed by atoms with Crippen molar-refractivity contribution in [2.45, 2.75) is 64.2 Å². The first kappa shape index (κ1) is 25.2. The molecule has 4 aliphatic rings. The Kier molecular flexibility index (Phi) is 6.78. The molecule has 0 spiro atoms. The van der Waals surface area contributed by atoms with Crippen LogP contribution in [0.1, 0.15) is 62.6 Å². The van der Waals surface area contributed by atoms with Crippen LogP contribution in [-0.2, 0) is 16.1 Å². The maximum absolute atomic E-state index is 12.3.